The smallest absolute Gasteiger partial charge is 0.252 e. The van der Waals surface area contributed by atoms with Gasteiger partial charge in [0.15, 0.2) is 0 Å². The number of rotatable bonds is 4. The number of ether oxygens (including phenoxy) is 1. The van der Waals surface area contributed by atoms with E-state index < -0.39 is 5.91 Å². The zero-order valence-corrected chi connectivity index (χ0v) is 8.91. The summed E-state index contributed by atoms with van der Waals surface area (Å²) in [5.41, 5.74) is 6.14. The highest BCUT2D eigenvalue weighted by atomic mass is 16.5. The minimum atomic E-state index is -0.552. The number of phenols is 1. The Hall–Kier alpha value is -1.71. The van der Waals surface area contributed by atoms with Crippen LogP contribution < -0.4 is 10.5 Å². The van der Waals surface area contributed by atoms with E-state index in [1.165, 1.54) is 19.2 Å². The van der Waals surface area contributed by atoms with E-state index in [0.717, 1.165) is 6.42 Å². The van der Waals surface area contributed by atoms with E-state index >= 15 is 0 Å². The average Bonchev–Trinajstić information content (AvgIpc) is 2.20. The second-order valence-electron chi connectivity index (χ2n) is 3.26. The van der Waals surface area contributed by atoms with E-state index in [1.807, 2.05) is 6.92 Å². The Balaban J connectivity index is 3.33. The summed E-state index contributed by atoms with van der Waals surface area (Å²) >= 11 is 0. The molecule has 0 aliphatic rings. The number of phenolic OH excluding ortho intramolecular Hbond substituents is 1. The maximum absolute atomic E-state index is 11.1. The third-order valence-corrected chi connectivity index (χ3v) is 2.21. The molecule has 0 saturated carbocycles. The topological polar surface area (TPSA) is 72.5 Å². The number of amides is 1. The molecule has 1 aromatic rings. The molecule has 0 atom stereocenters. The van der Waals surface area contributed by atoms with Gasteiger partial charge in [-0.15, -0.1) is 0 Å². The Labute approximate surface area is 88.7 Å². The summed E-state index contributed by atoms with van der Waals surface area (Å²) in [5, 5.41) is 9.63. The van der Waals surface area contributed by atoms with Crippen LogP contribution in [0.5, 0.6) is 11.5 Å². The Morgan fingerprint density at radius 2 is 2.20 bits per heavy atom. The number of hydrogen-bond acceptors (Lipinski definition) is 3. The maximum Gasteiger partial charge on any atom is 0.252 e. The second kappa shape index (κ2) is 4.68. The molecule has 0 spiro atoms. The van der Waals surface area contributed by atoms with Gasteiger partial charge in [0.1, 0.15) is 11.5 Å². The molecule has 3 N–H and O–H groups in total. The van der Waals surface area contributed by atoms with Crippen LogP contribution in [-0.4, -0.2) is 18.1 Å². The SMILES string of the molecule is CCCc1c(O)ccc(C(N)=O)c1OC. The normalized spacial score (nSPS) is 10.0. The zero-order chi connectivity index (χ0) is 11.4. The molecule has 0 aliphatic heterocycles. The fourth-order valence-electron chi connectivity index (χ4n) is 1.54. The van der Waals surface area contributed by atoms with Gasteiger partial charge in [-0.05, 0) is 18.6 Å². The fraction of sp³-hybridized carbons (Fsp3) is 0.364. The summed E-state index contributed by atoms with van der Waals surface area (Å²) in [7, 11) is 1.46. The Morgan fingerprint density at radius 3 is 2.67 bits per heavy atom. The van der Waals surface area contributed by atoms with Crippen LogP contribution in [0, 0.1) is 0 Å². The number of aromatic hydroxyl groups is 1. The van der Waals surface area contributed by atoms with Gasteiger partial charge >= 0.3 is 0 Å². The van der Waals surface area contributed by atoms with Crippen molar-refractivity contribution in [1.29, 1.82) is 0 Å². The molecule has 82 valence electrons. The van der Waals surface area contributed by atoms with Crippen molar-refractivity contribution in [3.05, 3.63) is 23.3 Å². The number of methoxy groups -OCH3 is 1. The first-order valence-corrected chi connectivity index (χ1v) is 4.80. The Morgan fingerprint density at radius 1 is 1.53 bits per heavy atom. The molecule has 0 bridgehead atoms. The van der Waals surface area contributed by atoms with E-state index in [-0.39, 0.29) is 5.75 Å². The highest BCUT2D eigenvalue weighted by molar-refractivity contribution is 5.96. The number of carbonyl (C=O) groups excluding carboxylic acids is 1. The van der Waals surface area contributed by atoms with Crippen LogP contribution in [0.1, 0.15) is 29.3 Å². The molecule has 4 heteroatoms. The number of nitrogens with two attached hydrogens (primary N) is 1. The van der Waals surface area contributed by atoms with Crippen molar-refractivity contribution in [3.63, 3.8) is 0 Å². The molecule has 1 aromatic carbocycles. The highest BCUT2D eigenvalue weighted by Gasteiger charge is 2.16. The first-order chi connectivity index (χ1) is 7.11. The van der Waals surface area contributed by atoms with Gasteiger partial charge in [-0.25, -0.2) is 0 Å². The van der Waals surface area contributed by atoms with E-state index in [9.17, 15) is 9.90 Å². The third kappa shape index (κ3) is 2.21. The second-order valence-corrected chi connectivity index (χ2v) is 3.26. The van der Waals surface area contributed by atoms with Gasteiger partial charge < -0.3 is 15.6 Å². The number of carbonyl (C=O) groups is 1. The third-order valence-electron chi connectivity index (χ3n) is 2.21. The van der Waals surface area contributed by atoms with Crippen molar-refractivity contribution < 1.29 is 14.6 Å². The largest absolute Gasteiger partial charge is 0.508 e. The Kier molecular flexibility index (Phi) is 3.55. The molecular weight excluding hydrogens is 194 g/mol. The van der Waals surface area contributed by atoms with Gasteiger partial charge in [0, 0.05) is 5.56 Å². The van der Waals surface area contributed by atoms with Gasteiger partial charge in [-0.1, -0.05) is 13.3 Å². The lowest BCUT2D eigenvalue weighted by atomic mass is 10.0. The van der Waals surface area contributed by atoms with Crippen LogP contribution in [0.4, 0.5) is 0 Å². The monoisotopic (exact) mass is 209 g/mol. The Bertz CT molecular complexity index is 374. The van der Waals surface area contributed by atoms with Crippen molar-refractivity contribution in [2.24, 2.45) is 5.73 Å². The van der Waals surface area contributed by atoms with E-state index in [1.54, 1.807) is 0 Å². The molecular formula is C11H15NO3. The first kappa shape index (κ1) is 11.4. The summed E-state index contributed by atoms with van der Waals surface area (Å²) in [6.07, 6.45) is 1.50. The minimum Gasteiger partial charge on any atom is -0.508 e. The molecule has 1 amide bonds. The van der Waals surface area contributed by atoms with Gasteiger partial charge in [-0.3, -0.25) is 4.79 Å². The number of primary amides is 1. The predicted molar refractivity (Wildman–Crippen MR) is 57.2 cm³/mol. The van der Waals surface area contributed by atoms with Crippen LogP contribution in [0.25, 0.3) is 0 Å². The van der Waals surface area contributed by atoms with Crippen LogP contribution in [0.2, 0.25) is 0 Å². The van der Waals surface area contributed by atoms with Crippen LogP contribution in [-0.2, 0) is 6.42 Å². The lowest BCUT2D eigenvalue weighted by molar-refractivity contribution is 0.0997. The fourth-order valence-corrected chi connectivity index (χ4v) is 1.54. The highest BCUT2D eigenvalue weighted by Crippen LogP contribution is 2.32. The molecule has 0 saturated heterocycles. The minimum absolute atomic E-state index is 0.138. The summed E-state index contributed by atoms with van der Waals surface area (Å²) in [6.45, 7) is 1.98. The summed E-state index contributed by atoms with van der Waals surface area (Å²) < 4.78 is 5.11. The van der Waals surface area contributed by atoms with Crippen molar-refractivity contribution in [2.75, 3.05) is 7.11 Å². The molecule has 0 fully saturated rings. The van der Waals surface area contributed by atoms with Gasteiger partial charge in [0.2, 0.25) is 0 Å². The zero-order valence-electron chi connectivity index (χ0n) is 8.91. The number of hydrogen-bond donors (Lipinski definition) is 2. The lowest BCUT2D eigenvalue weighted by Gasteiger charge is -2.12. The summed E-state index contributed by atoms with van der Waals surface area (Å²) in [6, 6.07) is 2.93. The molecule has 0 aromatic heterocycles. The van der Waals surface area contributed by atoms with Crippen LogP contribution in [0.15, 0.2) is 12.1 Å². The maximum atomic E-state index is 11.1. The average molecular weight is 209 g/mol. The van der Waals surface area contributed by atoms with Crippen molar-refractivity contribution in [1.82, 2.24) is 0 Å². The van der Waals surface area contributed by atoms with Crippen molar-refractivity contribution in [2.45, 2.75) is 19.8 Å². The van der Waals surface area contributed by atoms with Crippen LogP contribution in [0.3, 0.4) is 0 Å². The molecule has 0 unspecified atom stereocenters. The molecule has 0 radical (unpaired) electrons. The lowest BCUT2D eigenvalue weighted by Crippen LogP contribution is -2.13. The molecule has 1 rings (SSSR count). The predicted octanol–water partition coefficient (Wildman–Crippen LogP) is 1.45. The van der Waals surface area contributed by atoms with Gasteiger partial charge in [-0.2, -0.15) is 0 Å². The molecule has 0 heterocycles. The van der Waals surface area contributed by atoms with E-state index in [0.29, 0.717) is 23.3 Å². The van der Waals surface area contributed by atoms with Crippen molar-refractivity contribution >= 4 is 5.91 Å². The standard InChI is InChI=1S/C11H15NO3/c1-3-4-7-9(13)6-5-8(11(12)14)10(7)15-2/h5-6,13H,3-4H2,1-2H3,(H2,12,14). The van der Waals surface area contributed by atoms with Crippen LogP contribution >= 0.6 is 0 Å². The van der Waals surface area contributed by atoms with Gasteiger partial charge in [0.05, 0.1) is 12.7 Å². The number of benzene rings is 1. The van der Waals surface area contributed by atoms with E-state index in [2.05, 4.69) is 0 Å². The molecule has 0 aliphatic carbocycles. The summed E-state index contributed by atoms with van der Waals surface area (Å²) in [5.74, 6) is -0.0350. The quantitative estimate of drug-likeness (QED) is 0.788. The molecule has 4 nitrogen and oxygen atoms in total. The van der Waals surface area contributed by atoms with Gasteiger partial charge in [0.25, 0.3) is 5.91 Å². The summed E-state index contributed by atoms with van der Waals surface area (Å²) in [4.78, 5) is 11.1. The van der Waals surface area contributed by atoms with E-state index in [4.69, 9.17) is 10.5 Å². The van der Waals surface area contributed by atoms with Crippen molar-refractivity contribution in [3.8, 4) is 11.5 Å². The first-order valence-electron chi connectivity index (χ1n) is 4.80. The molecule has 15 heavy (non-hydrogen) atoms.